The maximum Gasteiger partial charge on any atom is 0.374 e. The SMILES string of the molecule is CCCCCCCCOc1ccc(C(=O)CC(=O)C(=O)OC)cc1. The molecule has 0 aromatic heterocycles. The Morgan fingerprint density at radius 1 is 0.917 bits per heavy atom. The summed E-state index contributed by atoms with van der Waals surface area (Å²) in [5, 5.41) is 0. The van der Waals surface area contributed by atoms with Crippen LogP contribution in [0.4, 0.5) is 0 Å². The summed E-state index contributed by atoms with van der Waals surface area (Å²) in [7, 11) is 1.11. The van der Waals surface area contributed by atoms with Crippen molar-refractivity contribution in [2.45, 2.75) is 51.9 Å². The number of esters is 1. The highest BCUT2D eigenvalue weighted by Gasteiger charge is 2.19. The van der Waals surface area contributed by atoms with Crippen LogP contribution >= 0.6 is 0 Å². The van der Waals surface area contributed by atoms with E-state index in [0.717, 1.165) is 20.0 Å². The van der Waals surface area contributed by atoms with Crippen LogP contribution in [0, 0.1) is 0 Å². The molecular formula is C19H26O5. The van der Waals surface area contributed by atoms with Crippen molar-refractivity contribution >= 4 is 17.5 Å². The van der Waals surface area contributed by atoms with Crippen molar-refractivity contribution in [2.24, 2.45) is 0 Å². The summed E-state index contributed by atoms with van der Waals surface area (Å²) in [4.78, 5) is 34.3. The van der Waals surface area contributed by atoms with Crippen molar-refractivity contribution in [1.82, 2.24) is 0 Å². The Kier molecular flexibility index (Phi) is 9.42. The van der Waals surface area contributed by atoms with E-state index < -0.39 is 24.0 Å². The molecule has 0 amide bonds. The first kappa shape index (κ1) is 19.9. The number of hydrogen-bond donors (Lipinski definition) is 0. The Morgan fingerprint density at radius 2 is 1.54 bits per heavy atom. The minimum atomic E-state index is -0.998. The number of carbonyl (C=O) groups excluding carboxylic acids is 3. The van der Waals surface area contributed by atoms with Gasteiger partial charge in [0, 0.05) is 5.56 Å². The molecule has 0 atom stereocenters. The van der Waals surface area contributed by atoms with E-state index in [1.54, 1.807) is 24.3 Å². The normalized spacial score (nSPS) is 10.2. The number of ketones is 2. The van der Waals surface area contributed by atoms with Gasteiger partial charge in [0.1, 0.15) is 5.75 Å². The molecule has 132 valence electrons. The van der Waals surface area contributed by atoms with Crippen molar-refractivity contribution in [1.29, 1.82) is 0 Å². The summed E-state index contributed by atoms with van der Waals surface area (Å²) in [5.74, 6) is -1.56. The Morgan fingerprint density at radius 3 is 2.17 bits per heavy atom. The molecule has 1 rings (SSSR count). The zero-order chi connectivity index (χ0) is 17.8. The highest BCUT2D eigenvalue weighted by atomic mass is 16.5. The number of Topliss-reactive ketones (excluding diaryl/α,β-unsaturated/α-hetero) is 2. The van der Waals surface area contributed by atoms with Crippen LogP contribution in [0.25, 0.3) is 0 Å². The quantitative estimate of drug-likeness (QED) is 0.191. The Labute approximate surface area is 143 Å². The van der Waals surface area contributed by atoms with E-state index in [2.05, 4.69) is 11.7 Å². The van der Waals surface area contributed by atoms with E-state index in [4.69, 9.17) is 4.74 Å². The molecule has 0 aliphatic rings. The lowest BCUT2D eigenvalue weighted by atomic mass is 10.1. The zero-order valence-corrected chi connectivity index (χ0v) is 14.5. The van der Waals surface area contributed by atoms with Crippen LogP contribution < -0.4 is 4.74 Å². The third-order valence-electron chi connectivity index (χ3n) is 3.68. The van der Waals surface area contributed by atoms with Crippen LogP contribution in [0.1, 0.15) is 62.2 Å². The van der Waals surface area contributed by atoms with Gasteiger partial charge in [-0.2, -0.15) is 0 Å². The molecule has 0 radical (unpaired) electrons. The van der Waals surface area contributed by atoms with Crippen molar-refractivity contribution in [3.05, 3.63) is 29.8 Å². The maximum absolute atomic E-state index is 11.9. The molecule has 0 saturated heterocycles. The summed E-state index contributed by atoms with van der Waals surface area (Å²) in [6, 6.07) is 6.60. The summed E-state index contributed by atoms with van der Waals surface area (Å²) >= 11 is 0. The van der Waals surface area contributed by atoms with Crippen molar-refractivity contribution in [3.8, 4) is 5.75 Å². The molecule has 1 aromatic rings. The predicted molar refractivity (Wildman–Crippen MR) is 91.3 cm³/mol. The zero-order valence-electron chi connectivity index (χ0n) is 14.5. The van der Waals surface area contributed by atoms with Gasteiger partial charge in [0.25, 0.3) is 0 Å². The van der Waals surface area contributed by atoms with Crippen LogP contribution in [-0.4, -0.2) is 31.3 Å². The van der Waals surface area contributed by atoms with Gasteiger partial charge in [0.15, 0.2) is 5.78 Å². The predicted octanol–water partition coefficient (Wildman–Crippen LogP) is 3.74. The first-order valence-corrected chi connectivity index (χ1v) is 8.45. The Balaban J connectivity index is 2.33. The summed E-state index contributed by atoms with van der Waals surface area (Å²) in [6.07, 6.45) is 6.73. The molecule has 0 spiro atoms. The second-order valence-corrected chi connectivity index (χ2v) is 5.66. The van der Waals surface area contributed by atoms with Crippen LogP contribution in [0.15, 0.2) is 24.3 Å². The highest BCUT2D eigenvalue weighted by molar-refractivity contribution is 6.38. The Hall–Kier alpha value is -2.17. The molecule has 24 heavy (non-hydrogen) atoms. The molecule has 5 nitrogen and oxygen atoms in total. The molecule has 0 aliphatic heterocycles. The molecule has 0 aliphatic carbocycles. The van der Waals surface area contributed by atoms with Gasteiger partial charge in [-0.3, -0.25) is 9.59 Å². The summed E-state index contributed by atoms with van der Waals surface area (Å²) in [6.45, 7) is 2.85. The van der Waals surface area contributed by atoms with E-state index in [-0.39, 0.29) is 0 Å². The fourth-order valence-electron chi connectivity index (χ4n) is 2.24. The average Bonchev–Trinajstić information content (AvgIpc) is 2.60. The molecule has 0 bridgehead atoms. The van der Waals surface area contributed by atoms with Gasteiger partial charge in [0.2, 0.25) is 5.78 Å². The second kappa shape index (κ2) is 11.4. The Bertz CT molecular complexity index is 533. The second-order valence-electron chi connectivity index (χ2n) is 5.66. The molecular weight excluding hydrogens is 308 g/mol. The highest BCUT2D eigenvalue weighted by Crippen LogP contribution is 2.15. The van der Waals surface area contributed by atoms with Gasteiger partial charge < -0.3 is 9.47 Å². The number of carbonyl (C=O) groups is 3. The third-order valence-corrected chi connectivity index (χ3v) is 3.68. The van der Waals surface area contributed by atoms with E-state index in [0.29, 0.717) is 17.9 Å². The minimum absolute atomic E-state index is 0.374. The van der Waals surface area contributed by atoms with Crippen molar-refractivity contribution in [2.75, 3.05) is 13.7 Å². The molecule has 5 heteroatoms. The third kappa shape index (κ3) is 7.40. The number of rotatable bonds is 12. The first-order valence-electron chi connectivity index (χ1n) is 8.45. The maximum atomic E-state index is 11.9. The molecule has 0 N–H and O–H groups in total. The monoisotopic (exact) mass is 334 g/mol. The van der Waals surface area contributed by atoms with Crippen LogP contribution in [0.5, 0.6) is 5.75 Å². The average molecular weight is 334 g/mol. The van der Waals surface area contributed by atoms with Crippen LogP contribution in [0.3, 0.4) is 0 Å². The standard InChI is InChI=1S/C19H26O5/c1-3-4-5-6-7-8-13-24-16-11-9-15(10-12-16)17(20)14-18(21)19(22)23-2/h9-12H,3-8,13-14H2,1-2H3. The van der Waals surface area contributed by atoms with Crippen LogP contribution in [0.2, 0.25) is 0 Å². The fourth-order valence-corrected chi connectivity index (χ4v) is 2.24. The van der Waals surface area contributed by atoms with Gasteiger partial charge in [-0.1, -0.05) is 39.0 Å². The van der Waals surface area contributed by atoms with Crippen molar-refractivity contribution < 1.29 is 23.9 Å². The lowest BCUT2D eigenvalue weighted by molar-refractivity contribution is -0.151. The molecule has 0 saturated carbocycles. The molecule has 0 unspecified atom stereocenters. The van der Waals surface area contributed by atoms with Crippen LogP contribution in [-0.2, 0) is 14.3 Å². The van der Waals surface area contributed by atoms with E-state index >= 15 is 0 Å². The first-order chi connectivity index (χ1) is 11.6. The van der Waals surface area contributed by atoms with E-state index in [1.165, 1.54) is 25.7 Å². The molecule has 1 aromatic carbocycles. The van der Waals surface area contributed by atoms with Crippen molar-refractivity contribution in [3.63, 3.8) is 0 Å². The van der Waals surface area contributed by atoms with E-state index in [9.17, 15) is 14.4 Å². The number of benzene rings is 1. The fraction of sp³-hybridized carbons (Fsp3) is 0.526. The molecule has 0 fully saturated rings. The number of unbranched alkanes of at least 4 members (excludes halogenated alkanes) is 5. The minimum Gasteiger partial charge on any atom is -0.494 e. The van der Waals surface area contributed by atoms with Gasteiger partial charge in [-0.05, 0) is 30.7 Å². The van der Waals surface area contributed by atoms with Gasteiger partial charge in [0.05, 0.1) is 20.1 Å². The number of ether oxygens (including phenoxy) is 2. The van der Waals surface area contributed by atoms with Gasteiger partial charge >= 0.3 is 5.97 Å². The van der Waals surface area contributed by atoms with Gasteiger partial charge in [-0.15, -0.1) is 0 Å². The lowest BCUT2D eigenvalue weighted by Gasteiger charge is -2.07. The summed E-state index contributed by atoms with van der Waals surface area (Å²) in [5.41, 5.74) is 0.374. The summed E-state index contributed by atoms with van der Waals surface area (Å²) < 4.78 is 9.92. The molecule has 0 heterocycles. The topological polar surface area (TPSA) is 69.7 Å². The van der Waals surface area contributed by atoms with Gasteiger partial charge in [-0.25, -0.2) is 4.79 Å². The number of methoxy groups -OCH3 is 1. The lowest BCUT2D eigenvalue weighted by Crippen LogP contribution is -2.19. The van der Waals surface area contributed by atoms with E-state index in [1.807, 2.05) is 0 Å². The smallest absolute Gasteiger partial charge is 0.374 e. The largest absolute Gasteiger partial charge is 0.494 e. The number of hydrogen-bond acceptors (Lipinski definition) is 5.